The maximum absolute atomic E-state index is 12.8. The molecule has 1 spiro atoms. The van der Waals surface area contributed by atoms with Crippen LogP contribution in [0.4, 0.5) is 10.5 Å². The summed E-state index contributed by atoms with van der Waals surface area (Å²) in [6.45, 7) is 0.889. The number of anilines is 1. The lowest BCUT2D eigenvalue weighted by molar-refractivity contribution is -0.150. The van der Waals surface area contributed by atoms with E-state index in [-0.39, 0.29) is 5.92 Å². The molecule has 0 unspecified atom stereocenters. The molecule has 2 atom stereocenters. The van der Waals surface area contributed by atoms with Crippen LogP contribution < -0.4 is 10.6 Å². The van der Waals surface area contributed by atoms with Crippen LogP contribution >= 0.6 is 11.6 Å². The van der Waals surface area contributed by atoms with Gasteiger partial charge in [-0.2, -0.15) is 0 Å². The number of imide groups is 1. The van der Waals surface area contributed by atoms with Gasteiger partial charge in [-0.15, -0.1) is 0 Å². The number of hydrogen-bond acceptors (Lipinski definition) is 5. The standard InChI is InChI=1S/C19H22ClN3O5/c1-12-4-2-3-9-19(12)17(26)23(18(27)22-19)10-16(25)28-11-15(24)21-14-7-5-13(20)6-8-14/h5-8,12H,2-4,9-11H2,1H3,(H,21,24)(H,22,27)/t12-,19-/m0/s1. The summed E-state index contributed by atoms with van der Waals surface area (Å²) in [7, 11) is 0. The van der Waals surface area contributed by atoms with E-state index in [1.54, 1.807) is 24.3 Å². The minimum Gasteiger partial charge on any atom is -0.454 e. The zero-order valence-electron chi connectivity index (χ0n) is 15.5. The number of esters is 1. The number of nitrogens with one attached hydrogen (secondary N) is 2. The Hall–Kier alpha value is -2.61. The molecule has 1 saturated carbocycles. The van der Waals surface area contributed by atoms with Crippen molar-refractivity contribution in [3.8, 4) is 0 Å². The largest absolute Gasteiger partial charge is 0.454 e. The van der Waals surface area contributed by atoms with Crippen LogP contribution in [-0.2, 0) is 19.1 Å². The summed E-state index contributed by atoms with van der Waals surface area (Å²) >= 11 is 5.77. The van der Waals surface area contributed by atoms with E-state index >= 15 is 0 Å². The van der Waals surface area contributed by atoms with Gasteiger partial charge in [0.2, 0.25) is 0 Å². The van der Waals surface area contributed by atoms with Gasteiger partial charge in [-0.05, 0) is 43.0 Å². The predicted octanol–water partition coefficient (Wildman–Crippen LogP) is 2.32. The molecule has 1 aliphatic heterocycles. The van der Waals surface area contributed by atoms with E-state index in [1.807, 2.05) is 6.92 Å². The molecular formula is C19H22ClN3O5. The third-order valence-electron chi connectivity index (χ3n) is 5.28. The van der Waals surface area contributed by atoms with Crippen molar-refractivity contribution in [2.45, 2.75) is 38.1 Å². The number of hydrogen-bond donors (Lipinski definition) is 2. The molecule has 9 heteroatoms. The first kappa shape index (κ1) is 20.1. The van der Waals surface area contributed by atoms with Gasteiger partial charge in [0, 0.05) is 10.7 Å². The van der Waals surface area contributed by atoms with Gasteiger partial charge in [0.05, 0.1) is 0 Å². The van der Waals surface area contributed by atoms with Crippen LogP contribution in [0.25, 0.3) is 0 Å². The third-order valence-corrected chi connectivity index (χ3v) is 5.53. The maximum atomic E-state index is 12.8. The van der Waals surface area contributed by atoms with Crippen molar-refractivity contribution in [1.29, 1.82) is 0 Å². The molecular weight excluding hydrogens is 386 g/mol. The predicted molar refractivity (Wildman–Crippen MR) is 102 cm³/mol. The Labute approximate surface area is 167 Å². The van der Waals surface area contributed by atoms with Crippen LogP contribution in [0.15, 0.2) is 24.3 Å². The number of halogens is 1. The normalized spacial score (nSPS) is 24.2. The number of nitrogens with zero attached hydrogens (tertiary/aromatic N) is 1. The molecule has 1 heterocycles. The lowest BCUT2D eigenvalue weighted by Gasteiger charge is -2.36. The fourth-order valence-electron chi connectivity index (χ4n) is 3.69. The second-order valence-electron chi connectivity index (χ2n) is 7.16. The fourth-order valence-corrected chi connectivity index (χ4v) is 3.82. The minimum atomic E-state index is -0.929. The molecule has 2 aliphatic rings. The molecule has 4 amide bonds. The summed E-state index contributed by atoms with van der Waals surface area (Å²) in [6, 6.07) is 5.85. The molecule has 3 rings (SSSR count). The lowest BCUT2D eigenvalue weighted by atomic mass is 9.73. The first-order valence-electron chi connectivity index (χ1n) is 9.17. The first-order valence-corrected chi connectivity index (χ1v) is 9.55. The van der Waals surface area contributed by atoms with Crippen molar-refractivity contribution in [2.75, 3.05) is 18.5 Å². The average Bonchev–Trinajstić information content (AvgIpc) is 2.89. The number of rotatable bonds is 5. The Morgan fingerprint density at radius 1 is 1.29 bits per heavy atom. The Morgan fingerprint density at radius 3 is 2.68 bits per heavy atom. The molecule has 8 nitrogen and oxygen atoms in total. The summed E-state index contributed by atoms with van der Waals surface area (Å²) < 4.78 is 4.91. The number of carbonyl (C=O) groups is 4. The Kier molecular flexibility index (Phi) is 5.88. The Balaban J connectivity index is 1.51. The highest BCUT2D eigenvalue weighted by molar-refractivity contribution is 6.30. The van der Waals surface area contributed by atoms with Gasteiger partial charge in [0.1, 0.15) is 12.1 Å². The van der Waals surface area contributed by atoms with Crippen molar-refractivity contribution in [3.05, 3.63) is 29.3 Å². The van der Waals surface area contributed by atoms with Gasteiger partial charge in [-0.1, -0.05) is 31.4 Å². The average molecular weight is 408 g/mol. The molecule has 0 aromatic heterocycles. The minimum absolute atomic E-state index is 0.00359. The van der Waals surface area contributed by atoms with Gasteiger partial charge < -0.3 is 15.4 Å². The van der Waals surface area contributed by atoms with E-state index in [2.05, 4.69) is 10.6 Å². The summed E-state index contributed by atoms with van der Waals surface area (Å²) in [5.41, 5.74) is -0.422. The number of benzene rings is 1. The van der Waals surface area contributed by atoms with Crippen molar-refractivity contribution in [2.24, 2.45) is 5.92 Å². The number of carbonyl (C=O) groups excluding carboxylic acids is 4. The zero-order valence-corrected chi connectivity index (χ0v) is 16.3. The number of urea groups is 1. The van der Waals surface area contributed by atoms with Gasteiger partial charge in [-0.3, -0.25) is 19.3 Å². The van der Waals surface area contributed by atoms with Crippen molar-refractivity contribution in [1.82, 2.24) is 10.2 Å². The second-order valence-corrected chi connectivity index (χ2v) is 7.59. The van der Waals surface area contributed by atoms with Crippen LogP contribution in [0.1, 0.15) is 32.6 Å². The molecule has 2 fully saturated rings. The monoisotopic (exact) mass is 407 g/mol. The lowest BCUT2D eigenvalue weighted by Crippen LogP contribution is -2.54. The van der Waals surface area contributed by atoms with Gasteiger partial charge >= 0.3 is 12.0 Å². The van der Waals surface area contributed by atoms with Crippen molar-refractivity contribution in [3.63, 3.8) is 0 Å². The topological polar surface area (TPSA) is 105 Å². The van der Waals surface area contributed by atoms with E-state index in [4.69, 9.17) is 16.3 Å². The Bertz CT molecular complexity index is 797. The SMILES string of the molecule is C[C@H]1CCCC[C@]12NC(=O)N(CC(=O)OCC(=O)Nc1ccc(Cl)cc1)C2=O. The molecule has 1 aromatic carbocycles. The van der Waals surface area contributed by atoms with Crippen LogP contribution in [-0.4, -0.2) is 47.4 Å². The van der Waals surface area contributed by atoms with E-state index in [9.17, 15) is 19.2 Å². The molecule has 0 radical (unpaired) electrons. The van der Waals surface area contributed by atoms with Crippen LogP contribution in [0.3, 0.4) is 0 Å². The Morgan fingerprint density at radius 2 is 2.00 bits per heavy atom. The number of amides is 4. The summed E-state index contributed by atoms with van der Waals surface area (Å²) in [6.07, 6.45) is 3.26. The second kappa shape index (κ2) is 8.18. The smallest absolute Gasteiger partial charge is 0.326 e. The fraction of sp³-hybridized carbons (Fsp3) is 0.474. The quantitative estimate of drug-likeness (QED) is 0.575. The van der Waals surface area contributed by atoms with Crippen LogP contribution in [0.5, 0.6) is 0 Å². The number of ether oxygens (including phenoxy) is 1. The molecule has 150 valence electrons. The molecule has 0 bridgehead atoms. The van der Waals surface area contributed by atoms with E-state index in [0.717, 1.165) is 24.2 Å². The third kappa shape index (κ3) is 4.11. The van der Waals surface area contributed by atoms with Crippen LogP contribution in [0.2, 0.25) is 5.02 Å². The molecule has 1 saturated heterocycles. The highest BCUT2D eigenvalue weighted by Crippen LogP contribution is 2.38. The maximum Gasteiger partial charge on any atom is 0.326 e. The van der Waals surface area contributed by atoms with Gasteiger partial charge in [-0.25, -0.2) is 4.79 Å². The molecule has 2 N–H and O–H groups in total. The van der Waals surface area contributed by atoms with Gasteiger partial charge in [0.15, 0.2) is 6.61 Å². The summed E-state index contributed by atoms with van der Waals surface area (Å²) in [5.74, 6) is -1.75. The van der Waals surface area contributed by atoms with Crippen LogP contribution in [0, 0.1) is 5.92 Å². The summed E-state index contributed by atoms with van der Waals surface area (Å²) in [4.78, 5) is 49.8. The van der Waals surface area contributed by atoms with Gasteiger partial charge in [0.25, 0.3) is 11.8 Å². The highest BCUT2D eigenvalue weighted by atomic mass is 35.5. The van der Waals surface area contributed by atoms with Crippen molar-refractivity contribution < 1.29 is 23.9 Å². The van der Waals surface area contributed by atoms with E-state index in [0.29, 0.717) is 17.1 Å². The first-order chi connectivity index (χ1) is 13.3. The highest BCUT2D eigenvalue weighted by Gasteiger charge is 2.55. The van der Waals surface area contributed by atoms with E-state index in [1.165, 1.54) is 0 Å². The van der Waals surface area contributed by atoms with E-state index < -0.39 is 42.5 Å². The molecule has 1 aromatic rings. The summed E-state index contributed by atoms with van der Waals surface area (Å²) in [5, 5.41) is 5.85. The zero-order chi connectivity index (χ0) is 20.3. The van der Waals surface area contributed by atoms with Crippen molar-refractivity contribution >= 4 is 41.1 Å². The molecule has 28 heavy (non-hydrogen) atoms. The molecule has 1 aliphatic carbocycles.